The average Bonchev–Trinajstić information content (AvgIpc) is 1.90. The molecule has 0 aromatic carbocycles. The summed E-state index contributed by atoms with van der Waals surface area (Å²) < 4.78 is 24.0. The quantitative estimate of drug-likeness (QED) is 0.511. The van der Waals surface area contributed by atoms with Crippen LogP contribution in [0.25, 0.3) is 0 Å². The van der Waals surface area contributed by atoms with Crippen molar-refractivity contribution in [2.75, 3.05) is 6.67 Å². The fraction of sp³-hybridized carbons (Fsp3) is 0.429. The first-order chi connectivity index (χ1) is 4.33. The van der Waals surface area contributed by atoms with Gasteiger partial charge in [-0.3, -0.25) is 0 Å². The predicted molar refractivity (Wildman–Crippen MR) is 32.5 cm³/mol. The second-order valence-corrected chi connectivity index (χ2v) is 2.07. The van der Waals surface area contributed by atoms with E-state index in [0.29, 0.717) is 18.4 Å². The second kappa shape index (κ2) is 2.76. The van der Waals surface area contributed by atoms with Crippen molar-refractivity contribution in [3.8, 4) is 0 Å². The van der Waals surface area contributed by atoms with Gasteiger partial charge < -0.3 is 0 Å². The summed E-state index contributed by atoms with van der Waals surface area (Å²) in [6, 6.07) is 0. The van der Waals surface area contributed by atoms with Crippen LogP contribution in [0.4, 0.5) is 8.78 Å². The van der Waals surface area contributed by atoms with Crippen molar-refractivity contribution in [1.29, 1.82) is 0 Å². The fourth-order valence-corrected chi connectivity index (χ4v) is 0.766. The molecule has 0 aromatic heterocycles. The van der Waals surface area contributed by atoms with Crippen molar-refractivity contribution in [2.24, 2.45) is 0 Å². The largest absolute Gasteiger partial charge is 0.246 e. The minimum Gasteiger partial charge on any atom is -0.246 e. The number of hydrogen-bond acceptors (Lipinski definition) is 0. The maximum Gasteiger partial charge on any atom is 0.111 e. The molecular formula is C7H8F2. The minimum absolute atomic E-state index is 0.146. The van der Waals surface area contributed by atoms with Crippen molar-refractivity contribution in [3.63, 3.8) is 0 Å². The first kappa shape index (κ1) is 6.46. The first-order valence-electron chi connectivity index (χ1n) is 2.93. The predicted octanol–water partition coefficient (Wildman–Crippen LogP) is 2.53. The van der Waals surface area contributed by atoms with Gasteiger partial charge in [-0.2, -0.15) is 0 Å². The molecule has 0 saturated carbocycles. The second-order valence-electron chi connectivity index (χ2n) is 2.07. The maximum absolute atomic E-state index is 12.2. The van der Waals surface area contributed by atoms with Crippen LogP contribution in [0.5, 0.6) is 0 Å². The van der Waals surface area contributed by atoms with E-state index in [2.05, 4.69) is 0 Å². The molecule has 1 rings (SSSR count). The molecule has 1 aliphatic carbocycles. The summed E-state index contributed by atoms with van der Waals surface area (Å²) >= 11 is 0. The lowest BCUT2D eigenvalue weighted by atomic mass is 10.1. The molecule has 0 aliphatic heterocycles. The number of alkyl halides is 1. The smallest absolute Gasteiger partial charge is 0.111 e. The molecule has 0 bridgehead atoms. The number of hydrogen-bond donors (Lipinski definition) is 0. The van der Waals surface area contributed by atoms with Gasteiger partial charge in [0.05, 0.1) is 0 Å². The van der Waals surface area contributed by atoms with Crippen LogP contribution in [-0.4, -0.2) is 6.67 Å². The summed E-state index contributed by atoms with van der Waals surface area (Å²) in [6.07, 6.45) is 3.76. The van der Waals surface area contributed by atoms with Crippen molar-refractivity contribution in [2.45, 2.75) is 12.8 Å². The van der Waals surface area contributed by atoms with E-state index in [-0.39, 0.29) is 5.83 Å². The molecule has 0 unspecified atom stereocenters. The lowest BCUT2D eigenvalue weighted by Gasteiger charge is -2.04. The molecule has 0 N–H and O–H groups in total. The van der Waals surface area contributed by atoms with Crippen molar-refractivity contribution in [1.82, 2.24) is 0 Å². The zero-order valence-corrected chi connectivity index (χ0v) is 5.03. The van der Waals surface area contributed by atoms with Gasteiger partial charge in [0.15, 0.2) is 0 Å². The van der Waals surface area contributed by atoms with Crippen molar-refractivity contribution in [3.05, 3.63) is 23.6 Å². The highest BCUT2D eigenvalue weighted by Gasteiger charge is 2.03. The zero-order chi connectivity index (χ0) is 6.69. The summed E-state index contributed by atoms with van der Waals surface area (Å²) in [6.45, 7) is -0.441. The SMILES string of the molecule is FCC1=CC=C(F)CC1. The number of allylic oxidation sites excluding steroid dienone is 4. The Balaban J connectivity index is 2.59. The fourth-order valence-electron chi connectivity index (χ4n) is 0.766. The van der Waals surface area contributed by atoms with Crippen LogP contribution in [0.1, 0.15) is 12.8 Å². The van der Waals surface area contributed by atoms with E-state index in [0.717, 1.165) is 0 Å². The van der Waals surface area contributed by atoms with E-state index in [1.807, 2.05) is 0 Å². The highest BCUT2D eigenvalue weighted by atomic mass is 19.1. The van der Waals surface area contributed by atoms with Gasteiger partial charge >= 0.3 is 0 Å². The van der Waals surface area contributed by atoms with Gasteiger partial charge in [-0.25, -0.2) is 8.78 Å². The monoisotopic (exact) mass is 130 g/mol. The Kier molecular flexibility index (Phi) is 1.98. The van der Waals surface area contributed by atoms with Crippen LogP contribution < -0.4 is 0 Å². The zero-order valence-electron chi connectivity index (χ0n) is 5.03. The van der Waals surface area contributed by atoms with Gasteiger partial charge in [-0.1, -0.05) is 6.08 Å². The Labute approximate surface area is 52.9 Å². The molecule has 0 amide bonds. The molecule has 0 heterocycles. The van der Waals surface area contributed by atoms with Gasteiger partial charge in [0, 0.05) is 6.42 Å². The van der Waals surface area contributed by atoms with Gasteiger partial charge in [0.25, 0.3) is 0 Å². The van der Waals surface area contributed by atoms with Crippen LogP contribution in [0.3, 0.4) is 0 Å². The Morgan fingerprint density at radius 3 is 2.56 bits per heavy atom. The Bertz CT molecular complexity index is 156. The molecular weight excluding hydrogens is 122 g/mol. The number of rotatable bonds is 1. The highest BCUT2D eigenvalue weighted by Crippen LogP contribution is 2.18. The molecule has 0 saturated heterocycles. The third-order valence-corrected chi connectivity index (χ3v) is 1.36. The van der Waals surface area contributed by atoms with E-state index in [9.17, 15) is 8.78 Å². The third kappa shape index (κ3) is 1.63. The maximum atomic E-state index is 12.2. The molecule has 0 nitrogen and oxygen atoms in total. The Hall–Kier alpha value is -0.660. The summed E-state index contributed by atoms with van der Waals surface area (Å²) in [4.78, 5) is 0. The molecule has 9 heavy (non-hydrogen) atoms. The van der Waals surface area contributed by atoms with Crippen LogP contribution in [0.2, 0.25) is 0 Å². The molecule has 0 fully saturated rings. The van der Waals surface area contributed by atoms with E-state index in [4.69, 9.17) is 0 Å². The summed E-state index contributed by atoms with van der Waals surface area (Å²) in [5, 5.41) is 0. The van der Waals surface area contributed by atoms with Gasteiger partial charge in [0.2, 0.25) is 0 Å². The third-order valence-electron chi connectivity index (χ3n) is 1.36. The summed E-state index contributed by atoms with van der Waals surface area (Å²) in [5.41, 5.74) is 0.691. The first-order valence-corrected chi connectivity index (χ1v) is 2.93. The van der Waals surface area contributed by atoms with E-state index in [1.165, 1.54) is 12.2 Å². The van der Waals surface area contributed by atoms with E-state index >= 15 is 0 Å². The molecule has 0 radical (unpaired) electrons. The number of halogens is 2. The Morgan fingerprint density at radius 2 is 2.11 bits per heavy atom. The molecule has 1 aliphatic rings. The summed E-state index contributed by atoms with van der Waals surface area (Å²) in [7, 11) is 0. The lowest BCUT2D eigenvalue weighted by Crippen LogP contribution is -1.91. The standard InChI is InChI=1S/C7H8F2/c8-5-6-1-3-7(9)4-2-6/h1,3H,2,4-5H2. The van der Waals surface area contributed by atoms with Crippen molar-refractivity contribution >= 4 is 0 Å². The van der Waals surface area contributed by atoms with Gasteiger partial charge in [0.1, 0.15) is 12.5 Å². The van der Waals surface area contributed by atoms with Crippen LogP contribution in [0, 0.1) is 0 Å². The van der Waals surface area contributed by atoms with Crippen LogP contribution in [-0.2, 0) is 0 Å². The molecule has 0 atom stereocenters. The molecule has 0 spiro atoms. The molecule has 2 heteroatoms. The average molecular weight is 130 g/mol. The summed E-state index contributed by atoms with van der Waals surface area (Å²) in [5.74, 6) is -0.146. The van der Waals surface area contributed by atoms with Gasteiger partial charge in [-0.05, 0) is 18.1 Å². The van der Waals surface area contributed by atoms with Crippen molar-refractivity contribution < 1.29 is 8.78 Å². The normalized spacial score (nSPS) is 18.9. The Morgan fingerprint density at radius 1 is 1.33 bits per heavy atom. The minimum atomic E-state index is -0.441. The lowest BCUT2D eigenvalue weighted by molar-refractivity contribution is 0.514. The van der Waals surface area contributed by atoms with E-state index < -0.39 is 6.67 Å². The van der Waals surface area contributed by atoms with Crippen LogP contribution in [0.15, 0.2) is 23.6 Å². The molecule has 0 aromatic rings. The van der Waals surface area contributed by atoms with E-state index in [1.54, 1.807) is 0 Å². The molecule has 50 valence electrons. The van der Waals surface area contributed by atoms with Gasteiger partial charge in [-0.15, -0.1) is 0 Å². The highest BCUT2D eigenvalue weighted by molar-refractivity contribution is 5.20. The topological polar surface area (TPSA) is 0 Å². The van der Waals surface area contributed by atoms with Crippen LogP contribution >= 0.6 is 0 Å².